The monoisotopic (exact) mass is 571 g/mol. The second-order valence-corrected chi connectivity index (χ2v) is 10.1. The molecule has 0 N–H and O–H groups in total. The van der Waals surface area contributed by atoms with Crippen LogP contribution in [0.15, 0.2) is 134 Å². The molecule has 0 unspecified atom stereocenters. The van der Waals surface area contributed by atoms with Crippen LogP contribution in [0.25, 0.3) is 0 Å². The molecule has 234 valence electrons. The van der Waals surface area contributed by atoms with Gasteiger partial charge in [-0.2, -0.15) is 0 Å². The normalized spacial score (nSPS) is 13.2. The van der Waals surface area contributed by atoms with Crippen molar-refractivity contribution in [3.8, 4) is 0 Å². The molecular weight excluding hydrogens is 504 g/mol. The fourth-order valence-electron chi connectivity index (χ4n) is 3.50. The molecule has 0 nitrogen and oxygen atoms in total. The van der Waals surface area contributed by atoms with Crippen LogP contribution in [0, 0.1) is 0 Å². The fraction of sp³-hybridized carbons (Fsp3) is 0.476. The molecule has 0 heterocycles. The molecule has 0 saturated heterocycles. The van der Waals surface area contributed by atoms with Gasteiger partial charge in [0.2, 0.25) is 0 Å². The van der Waals surface area contributed by atoms with Crippen molar-refractivity contribution in [3.63, 3.8) is 0 Å². The van der Waals surface area contributed by atoms with E-state index in [2.05, 4.69) is 161 Å². The van der Waals surface area contributed by atoms with Crippen molar-refractivity contribution in [2.75, 3.05) is 0 Å². The summed E-state index contributed by atoms with van der Waals surface area (Å²) in [6.07, 6.45) is 67.2. The predicted molar refractivity (Wildman–Crippen MR) is 197 cm³/mol. The summed E-state index contributed by atoms with van der Waals surface area (Å²) >= 11 is 0. The Morgan fingerprint density at radius 1 is 0.238 bits per heavy atom. The lowest BCUT2D eigenvalue weighted by molar-refractivity contribution is 0.813. The summed E-state index contributed by atoms with van der Waals surface area (Å²) in [7, 11) is 0. The molecule has 0 aliphatic rings. The van der Waals surface area contributed by atoms with Crippen molar-refractivity contribution < 1.29 is 0 Å². The summed E-state index contributed by atoms with van der Waals surface area (Å²) in [5.41, 5.74) is 0. The van der Waals surface area contributed by atoms with E-state index < -0.39 is 0 Å². The zero-order valence-corrected chi connectivity index (χ0v) is 28.0. The van der Waals surface area contributed by atoms with Gasteiger partial charge in [-0.1, -0.05) is 181 Å². The molecule has 0 aromatic heterocycles. The number of rotatable bonds is 25. The van der Waals surface area contributed by atoms with Crippen molar-refractivity contribution in [2.45, 2.75) is 130 Å². The average molecular weight is 571 g/mol. The van der Waals surface area contributed by atoms with Crippen LogP contribution in [0.3, 0.4) is 0 Å². The van der Waals surface area contributed by atoms with Gasteiger partial charge < -0.3 is 0 Å². The van der Waals surface area contributed by atoms with E-state index in [9.17, 15) is 0 Å². The van der Waals surface area contributed by atoms with Crippen molar-refractivity contribution in [2.24, 2.45) is 0 Å². The van der Waals surface area contributed by atoms with E-state index in [-0.39, 0.29) is 0 Å². The Bertz CT molecular complexity index is 829. The second kappa shape index (κ2) is 42.6. The Morgan fingerprint density at radius 2 is 0.476 bits per heavy atom. The summed E-state index contributed by atoms with van der Waals surface area (Å²) in [6, 6.07) is 0. The Balaban J connectivity index is 0. The lowest BCUT2D eigenvalue weighted by atomic mass is 10.2. The minimum Gasteiger partial charge on any atom is -0.0885 e. The molecule has 0 rings (SSSR count). The van der Waals surface area contributed by atoms with Gasteiger partial charge in [0.05, 0.1) is 0 Å². The minimum atomic E-state index is 1.04. The molecule has 42 heavy (non-hydrogen) atoms. The van der Waals surface area contributed by atoms with E-state index in [1.807, 2.05) is 0 Å². The lowest BCUT2D eigenvalue weighted by Crippen LogP contribution is -1.67. The first-order valence-corrected chi connectivity index (χ1v) is 17.0. The van der Waals surface area contributed by atoms with E-state index in [1.165, 1.54) is 32.1 Å². The van der Waals surface area contributed by atoms with E-state index in [1.54, 1.807) is 0 Å². The first kappa shape index (κ1) is 41.3. The third kappa shape index (κ3) is 44.2. The van der Waals surface area contributed by atoms with Gasteiger partial charge in [0.25, 0.3) is 0 Å². The zero-order valence-electron chi connectivity index (χ0n) is 28.0. The molecule has 0 saturated carbocycles. The molecule has 0 aliphatic carbocycles. The molecule has 0 spiro atoms. The van der Waals surface area contributed by atoms with E-state index in [0.29, 0.717) is 0 Å². The molecule has 0 aromatic rings. The lowest BCUT2D eigenvalue weighted by Gasteiger charge is -1.87. The quantitative estimate of drug-likeness (QED) is 0.0756. The van der Waals surface area contributed by atoms with Crippen LogP contribution in [-0.2, 0) is 0 Å². The van der Waals surface area contributed by atoms with Gasteiger partial charge in [0.15, 0.2) is 0 Å². The fourth-order valence-corrected chi connectivity index (χ4v) is 3.50. The summed E-state index contributed by atoms with van der Waals surface area (Å²) in [5.74, 6) is 0. The van der Waals surface area contributed by atoms with Crippen LogP contribution in [0.2, 0.25) is 0 Å². The highest BCUT2D eigenvalue weighted by atomic mass is 13.9. The largest absolute Gasteiger partial charge is 0.0885 e. The Hall–Kier alpha value is -2.86. The Labute approximate surface area is 263 Å². The smallest absolute Gasteiger partial charge is 0.0169 e. The van der Waals surface area contributed by atoms with Gasteiger partial charge in [0.1, 0.15) is 0 Å². The standard InChI is InChI=1S/C22H34.C20H32/c1-3-5-7-9-11-13-15-17-19-21-22-20-18-16-14-12-10-8-6-4-2;1-3-5-7-9-11-13-15-17-19-20-18-16-14-12-10-8-6-4-2/h5,7-8,10-11,13-14,16-17,19-20,22H,3-4,6,9,12,15,18,21H2,1-2H3;5,7,10-13,16-19H,3-4,6,8-9,14-15,20H2,1-2H3/b7-5-,10-8-,13-11-,16-14-,19-17-,22-20-;7-5-,12-10-,13-11-,18-16-,19-17-. The maximum atomic E-state index is 2.29. The maximum Gasteiger partial charge on any atom is -0.0169 e. The summed E-state index contributed by atoms with van der Waals surface area (Å²) < 4.78 is 0. The first-order chi connectivity index (χ1) is 20.8. The van der Waals surface area contributed by atoms with Crippen LogP contribution in [0.5, 0.6) is 0 Å². The van der Waals surface area contributed by atoms with Gasteiger partial charge >= 0.3 is 0 Å². The summed E-state index contributed by atoms with van der Waals surface area (Å²) in [4.78, 5) is 0. The average Bonchev–Trinajstić information content (AvgIpc) is 3.00. The van der Waals surface area contributed by atoms with Gasteiger partial charge in [0, 0.05) is 0 Å². The SMILES string of the molecule is CC/C=C\C/C=C\C/C=C\C/C=C\C/C=C\C/C=C\CCC.CC/C=C\C/C=C\C/C=C\C/C=C\C/C=C\CCCC. The molecule has 0 radical (unpaired) electrons. The summed E-state index contributed by atoms with van der Waals surface area (Å²) in [6.45, 7) is 8.77. The molecule has 0 bridgehead atoms. The van der Waals surface area contributed by atoms with Crippen molar-refractivity contribution in [1.82, 2.24) is 0 Å². The maximum absolute atomic E-state index is 2.29. The summed E-state index contributed by atoms with van der Waals surface area (Å²) in [5, 5.41) is 0. The predicted octanol–water partition coefficient (Wildman–Crippen LogP) is 14.4. The molecule has 0 heteroatoms. The highest BCUT2D eigenvalue weighted by molar-refractivity contribution is 5.02. The molecule has 0 atom stereocenters. The van der Waals surface area contributed by atoms with Crippen LogP contribution in [0.4, 0.5) is 0 Å². The third-order valence-electron chi connectivity index (χ3n) is 5.93. The van der Waals surface area contributed by atoms with Gasteiger partial charge in [-0.05, 0) is 83.5 Å². The highest BCUT2D eigenvalue weighted by Gasteiger charge is 1.78. The van der Waals surface area contributed by atoms with Gasteiger partial charge in [-0.25, -0.2) is 0 Å². The van der Waals surface area contributed by atoms with Gasteiger partial charge in [-0.15, -0.1) is 0 Å². The van der Waals surface area contributed by atoms with Crippen LogP contribution in [-0.4, -0.2) is 0 Å². The van der Waals surface area contributed by atoms with Gasteiger partial charge in [-0.3, -0.25) is 0 Å². The van der Waals surface area contributed by atoms with E-state index >= 15 is 0 Å². The highest BCUT2D eigenvalue weighted by Crippen LogP contribution is 1.99. The molecule has 0 aliphatic heterocycles. The zero-order chi connectivity index (χ0) is 30.9. The molecule has 0 amide bonds. The van der Waals surface area contributed by atoms with Crippen molar-refractivity contribution >= 4 is 0 Å². The van der Waals surface area contributed by atoms with E-state index in [4.69, 9.17) is 0 Å². The molecule has 0 fully saturated rings. The third-order valence-corrected chi connectivity index (χ3v) is 5.93. The molecular formula is C42H66. The Kier molecular flexibility index (Phi) is 41.9. The van der Waals surface area contributed by atoms with E-state index in [0.717, 1.165) is 70.6 Å². The van der Waals surface area contributed by atoms with Crippen LogP contribution in [0.1, 0.15) is 130 Å². The number of hydrogen-bond acceptors (Lipinski definition) is 0. The first-order valence-electron chi connectivity index (χ1n) is 17.0. The number of allylic oxidation sites excluding steroid dienone is 22. The molecule has 0 aromatic carbocycles. The van der Waals surface area contributed by atoms with Crippen molar-refractivity contribution in [3.05, 3.63) is 134 Å². The Morgan fingerprint density at radius 3 is 0.714 bits per heavy atom. The topological polar surface area (TPSA) is 0 Å². The van der Waals surface area contributed by atoms with Crippen molar-refractivity contribution in [1.29, 1.82) is 0 Å². The second-order valence-electron chi connectivity index (χ2n) is 10.1. The van der Waals surface area contributed by atoms with Crippen LogP contribution < -0.4 is 0 Å². The number of unbranched alkanes of at least 4 members (excludes halogenated alkanes) is 3. The minimum absolute atomic E-state index is 1.04. The number of hydrogen-bond donors (Lipinski definition) is 0. The van der Waals surface area contributed by atoms with Crippen LogP contribution >= 0.6 is 0 Å².